The summed E-state index contributed by atoms with van der Waals surface area (Å²) in [6.45, 7) is 5.12. The molecule has 3 aliphatic carbocycles. The zero-order chi connectivity index (χ0) is 25.3. The largest absolute Gasteiger partial charge is 0.508 e. The summed E-state index contributed by atoms with van der Waals surface area (Å²) >= 11 is 0. The second-order valence-electron chi connectivity index (χ2n) is 11.4. The number of phenolic OH excluding ortho intramolecular Hbond substituents is 1. The number of aromatic nitrogens is 2. The lowest BCUT2D eigenvalue weighted by Gasteiger charge is -2.49. The number of aromatic hydroxyl groups is 1. The number of rotatable bonds is 4. The average molecular weight is 500 g/mol. The molecule has 1 saturated carbocycles. The topological polar surface area (TPSA) is 96.5 Å². The maximum absolute atomic E-state index is 13.3. The number of hydrogen-bond donors (Lipinski definition) is 3. The van der Waals surface area contributed by atoms with Gasteiger partial charge in [-0.1, -0.05) is 26.0 Å². The summed E-state index contributed by atoms with van der Waals surface area (Å²) in [6.07, 6.45) is 6.06. The van der Waals surface area contributed by atoms with Gasteiger partial charge in [0.15, 0.2) is 11.5 Å². The number of amides is 1. The van der Waals surface area contributed by atoms with Gasteiger partial charge >= 0.3 is 0 Å². The molecule has 4 atom stereocenters. The van der Waals surface area contributed by atoms with Crippen molar-refractivity contribution in [2.45, 2.75) is 70.3 Å². The number of nitrogens with one attached hydrogen (secondary N) is 2. The monoisotopic (exact) mass is 499 g/mol. The molecule has 0 bridgehead atoms. The Hall–Kier alpha value is -3.48. The second kappa shape index (κ2) is 8.27. The molecule has 0 spiro atoms. The Kier molecular flexibility index (Phi) is 5.07. The first-order valence-electron chi connectivity index (χ1n) is 13.6. The van der Waals surface area contributed by atoms with Crippen LogP contribution in [0.3, 0.4) is 0 Å². The van der Waals surface area contributed by atoms with Crippen molar-refractivity contribution in [1.29, 1.82) is 0 Å². The molecule has 192 valence electrons. The molecule has 2 heterocycles. The molecule has 1 aliphatic heterocycles. The molecule has 4 aliphatic rings. The molecular formula is C30H33N3O4. The number of aryl methyl sites for hydroxylation is 2. The summed E-state index contributed by atoms with van der Waals surface area (Å²) in [4.78, 5) is 13.3. The predicted octanol–water partition coefficient (Wildman–Crippen LogP) is 4.91. The van der Waals surface area contributed by atoms with Crippen LogP contribution in [0, 0.1) is 11.8 Å². The van der Waals surface area contributed by atoms with Crippen LogP contribution in [0.15, 0.2) is 30.3 Å². The van der Waals surface area contributed by atoms with Gasteiger partial charge in [0.2, 0.25) is 6.79 Å². The molecule has 7 rings (SSSR count). The van der Waals surface area contributed by atoms with Crippen molar-refractivity contribution in [1.82, 2.24) is 15.5 Å². The van der Waals surface area contributed by atoms with Gasteiger partial charge < -0.3 is 19.9 Å². The lowest BCUT2D eigenvalue weighted by atomic mass is 9.55. The molecule has 7 heteroatoms. The van der Waals surface area contributed by atoms with Crippen LogP contribution in [0.1, 0.15) is 83.0 Å². The first kappa shape index (κ1) is 22.7. The van der Waals surface area contributed by atoms with E-state index in [4.69, 9.17) is 14.6 Å². The van der Waals surface area contributed by atoms with Gasteiger partial charge in [0.1, 0.15) is 11.4 Å². The number of carbonyl (C=O) groups is 1. The van der Waals surface area contributed by atoms with Crippen molar-refractivity contribution in [3.8, 4) is 17.2 Å². The van der Waals surface area contributed by atoms with Gasteiger partial charge in [-0.2, -0.15) is 5.10 Å². The van der Waals surface area contributed by atoms with Crippen LogP contribution in [0.4, 0.5) is 0 Å². The van der Waals surface area contributed by atoms with Crippen LogP contribution < -0.4 is 14.8 Å². The number of hydrogen-bond acceptors (Lipinski definition) is 5. The van der Waals surface area contributed by atoms with E-state index in [-0.39, 0.29) is 18.1 Å². The van der Waals surface area contributed by atoms with Crippen LogP contribution in [0.25, 0.3) is 0 Å². The molecule has 3 aromatic rings. The van der Waals surface area contributed by atoms with Crippen molar-refractivity contribution in [3.63, 3.8) is 0 Å². The molecule has 1 fully saturated rings. The van der Waals surface area contributed by atoms with Gasteiger partial charge in [-0.25, -0.2) is 0 Å². The zero-order valence-electron chi connectivity index (χ0n) is 21.4. The highest BCUT2D eigenvalue weighted by molar-refractivity contribution is 5.94. The van der Waals surface area contributed by atoms with Crippen LogP contribution in [-0.2, 0) is 31.2 Å². The first-order valence-corrected chi connectivity index (χ1v) is 13.6. The lowest BCUT2D eigenvalue weighted by Crippen LogP contribution is -2.43. The van der Waals surface area contributed by atoms with E-state index in [1.807, 2.05) is 24.3 Å². The summed E-state index contributed by atoms with van der Waals surface area (Å²) in [6, 6.07) is 10.0. The second-order valence-corrected chi connectivity index (χ2v) is 11.4. The lowest BCUT2D eigenvalue weighted by molar-refractivity contribution is 0.0937. The van der Waals surface area contributed by atoms with E-state index in [2.05, 4.69) is 30.3 Å². The fourth-order valence-corrected chi connectivity index (χ4v) is 7.69. The third-order valence-corrected chi connectivity index (χ3v) is 9.64. The molecule has 2 aromatic carbocycles. The summed E-state index contributed by atoms with van der Waals surface area (Å²) < 4.78 is 10.8. The zero-order valence-corrected chi connectivity index (χ0v) is 21.4. The molecule has 0 saturated heterocycles. The SMILES string of the molecule is CCc1cc2c(cc1O)CCC1C2CC[C@]2(C)c3n[nH]c(C(=O)NCc4ccc5c(c4)OCO5)c3CC12. The standard InChI is InChI=1S/C30H33N3O4/c1-3-17-11-21-18(12-24(17)34)5-6-20-19(21)8-9-30(2)23(20)13-22-27(32-33-28(22)30)29(35)31-14-16-4-7-25-26(10-16)37-15-36-25/h4,7,10-12,19-20,23,34H,3,5-6,8-9,13-15H2,1-2H3,(H,31,35)(H,32,33)/t19?,20?,23?,30-/m0/s1. The number of phenols is 1. The highest BCUT2D eigenvalue weighted by Gasteiger charge is 2.55. The minimum absolute atomic E-state index is 0.00907. The third kappa shape index (κ3) is 3.39. The van der Waals surface area contributed by atoms with Gasteiger partial charge in [-0.05, 0) is 96.7 Å². The highest BCUT2D eigenvalue weighted by Crippen LogP contribution is 2.60. The van der Waals surface area contributed by atoms with E-state index in [0.717, 1.165) is 72.4 Å². The molecule has 37 heavy (non-hydrogen) atoms. The van der Waals surface area contributed by atoms with Crippen LogP contribution in [0.5, 0.6) is 17.2 Å². The van der Waals surface area contributed by atoms with Gasteiger partial charge in [0.05, 0.1) is 5.69 Å². The number of ether oxygens (including phenoxy) is 2. The Balaban J connectivity index is 1.12. The maximum atomic E-state index is 13.3. The molecule has 1 amide bonds. The summed E-state index contributed by atoms with van der Waals surface area (Å²) in [7, 11) is 0. The van der Waals surface area contributed by atoms with E-state index in [1.54, 1.807) is 0 Å². The fraction of sp³-hybridized carbons (Fsp3) is 0.467. The Labute approximate surface area is 216 Å². The Morgan fingerprint density at radius 3 is 2.95 bits per heavy atom. The Morgan fingerprint density at radius 2 is 2.08 bits per heavy atom. The summed E-state index contributed by atoms with van der Waals surface area (Å²) in [5, 5.41) is 21.3. The van der Waals surface area contributed by atoms with Crippen LogP contribution in [-0.4, -0.2) is 28.0 Å². The van der Waals surface area contributed by atoms with E-state index in [0.29, 0.717) is 35.7 Å². The van der Waals surface area contributed by atoms with Crippen molar-refractivity contribution >= 4 is 5.91 Å². The molecular weight excluding hydrogens is 466 g/mol. The quantitative estimate of drug-likeness (QED) is 0.474. The molecule has 3 unspecified atom stereocenters. The molecule has 3 N–H and O–H groups in total. The van der Waals surface area contributed by atoms with Crippen LogP contribution in [0.2, 0.25) is 0 Å². The van der Waals surface area contributed by atoms with Gasteiger partial charge in [0.25, 0.3) is 5.91 Å². The number of aromatic amines is 1. The van der Waals surface area contributed by atoms with Crippen molar-refractivity contribution < 1.29 is 19.4 Å². The average Bonchev–Trinajstić information content (AvgIpc) is 3.61. The van der Waals surface area contributed by atoms with E-state index in [9.17, 15) is 9.90 Å². The number of H-pyrrole nitrogens is 1. The van der Waals surface area contributed by atoms with E-state index < -0.39 is 0 Å². The number of fused-ring (bicyclic) bond motifs is 8. The molecule has 1 aromatic heterocycles. The maximum Gasteiger partial charge on any atom is 0.269 e. The van der Waals surface area contributed by atoms with E-state index in [1.165, 1.54) is 11.1 Å². The highest BCUT2D eigenvalue weighted by atomic mass is 16.7. The number of nitrogens with zero attached hydrogens (tertiary/aromatic N) is 1. The summed E-state index contributed by atoms with van der Waals surface area (Å²) in [5.41, 5.74) is 7.57. The fourth-order valence-electron chi connectivity index (χ4n) is 7.69. The Morgan fingerprint density at radius 1 is 1.22 bits per heavy atom. The van der Waals surface area contributed by atoms with Crippen molar-refractivity contribution in [2.75, 3.05) is 6.79 Å². The smallest absolute Gasteiger partial charge is 0.269 e. The molecule has 0 radical (unpaired) electrons. The van der Waals surface area contributed by atoms with Crippen LogP contribution >= 0.6 is 0 Å². The predicted molar refractivity (Wildman–Crippen MR) is 138 cm³/mol. The Bertz CT molecular complexity index is 1410. The van der Waals surface area contributed by atoms with Crippen molar-refractivity contribution in [2.24, 2.45) is 11.8 Å². The third-order valence-electron chi connectivity index (χ3n) is 9.64. The van der Waals surface area contributed by atoms with Gasteiger partial charge in [-0.3, -0.25) is 9.89 Å². The van der Waals surface area contributed by atoms with Gasteiger partial charge in [0, 0.05) is 17.5 Å². The number of benzene rings is 2. The molecule has 7 nitrogen and oxygen atoms in total. The van der Waals surface area contributed by atoms with Crippen molar-refractivity contribution in [3.05, 3.63) is 69.5 Å². The summed E-state index contributed by atoms with van der Waals surface area (Å²) in [5.74, 6) is 3.36. The number of carbonyl (C=O) groups excluding carboxylic acids is 1. The normalized spacial score (nSPS) is 26.7. The van der Waals surface area contributed by atoms with Gasteiger partial charge in [-0.15, -0.1) is 0 Å². The first-order chi connectivity index (χ1) is 18.0. The minimum atomic E-state index is -0.109. The van der Waals surface area contributed by atoms with E-state index >= 15 is 0 Å². The minimum Gasteiger partial charge on any atom is -0.508 e.